The van der Waals surface area contributed by atoms with Crippen molar-refractivity contribution in [3.63, 3.8) is 0 Å². The first kappa shape index (κ1) is 22.5. The molecule has 1 fully saturated rings. The van der Waals surface area contributed by atoms with Crippen LogP contribution in [0.5, 0.6) is 11.5 Å². The van der Waals surface area contributed by atoms with Gasteiger partial charge < -0.3 is 19.7 Å². The molecule has 0 bridgehead atoms. The number of carbonyl (C=O) groups is 1. The largest absolute Gasteiger partial charge is 0.493 e. The summed E-state index contributed by atoms with van der Waals surface area (Å²) in [5.74, 6) is 2.47. The second kappa shape index (κ2) is 9.91. The Labute approximate surface area is 200 Å². The Morgan fingerprint density at radius 1 is 1.15 bits per heavy atom. The standard InChI is InChI=1S/C26H33N5O3/c1-33-22-10-9-18(16-23(22)34-2)11-12-28-26(32)19-6-5-14-30(17-19)25-24-20-7-3-4-8-21(20)29-31(24)15-13-27-25/h9-10,13,15-16,19H,3-8,11-12,14,17H2,1-2H3,(H,28,32)/t19-/m0/s1. The molecule has 34 heavy (non-hydrogen) atoms. The van der Waals surface area contributed by atoms with Gasteiger partial charge in [0.05, 0.1) is 25.8 Å². The highest BCUT2D eigenvalue weighted by Crippen LogP contribution is 2.32. The van der Waals surface area contributed by atoms with Crippen LogP contribution in [0.1, 0.15) is 42.5 Å². The molecule has 1 aliphatic heterocycles. The van der Waals surface area contributed by atoms with Crippen LogP contribution in [0.2, 0.25) is 0 Å². The first-order valence-electron chi connectivity index (χ1n) is 12.3. The third kappa shape index (κ3) is 4.41. The Morgan fingerprint density at radius 3 is 2.85 bits per heavy atom. The zero-order chi connectivity index (χ0) is 23.5. The minimum Gasteiger partial charge on any atom is -0.493 e. The number of piperidine rings is 1. The number of fused-ring (bicyclic) bond motifs is 3. The number of methoxy groups -OCH3 is 2. The van der Waals surface area contributed by atoms with Gasteiger partial charge in [0, 0.05) is 37.6 Å². The van der Waals surface area contributed by atoms with Gasteiger partial charge in [-0.15, -0.1) is 0 Å². The van der Waals surface area contributed by atoms with Gasteiger partial charge in [0.15, 0.2) is 17.3 Å². The maximum absolute atomic E-state index is 13.0. The number of nitrogens with one attached hydrogen (secondary N) is 1. The summed E-state index contributed by atoms with van der Waals surface area (Å²) < 4.78 is 12.7. The number of hydrogen-bond acceptors (Lipinski definition) is 6. The predicted octanol–water partition coefficient (Wildman–Crippen LogP) is 3.20. The third-order valence-corrected chi connectivity index (χ3v) is 7.05. The SMILES string of the molecule is COc1ccc(CCNC(=O)[C@H]2CCCN(c3nccn4nc5c(c34)CCCC5)C2)cc1OC. The molecular formula is C26H33N5O3. The van der Waals surface area contributed by atoms with Crippen molar-refractivity contribution in [3.8, 4) is 11.5 Å². The van der Waals surface area contributed by atoms with Gasteiger partial charge in [-0.3, -0.25) is 4.79 Å². The lowest BCUT2D eigenvalue weighted by atomic mass is 9.95. The number of aryl methyl sites for hydroxylation is 2. The van der Waals surface area contributed by atoms with Crippen molar-refractivity contribution in [1.82, 2.24) is 19.9 Å². The number of benzene rings is 1. The number of rotatable bonds is 7. The van der Waals surface area contributed by atoms with Crippen molar-refractivity contribution >= 4 is 17.2 Å². The molecule has 1 aromatic carbocycles. The van der Waals surface area contributed by atoms with Gasteiger partial charge in [-0.25, -0.2) is 9.50 Å². The van der Waals surface area contributed by atoms with Gasteiger partial charge in [0.2, 0.25) is 5.91 Å². The van der Waals surface area contributed by atoms with Crippen molar-refractivity contribution in [1.29, 1.82) is 0 Å². The third-order valence-electron chi connectivity index (χ3n) is 7.05. The molecule has 0 saturated carbocycles. The second-order valence-corrected chi connectivity index (χ2v) is 9.19. The van der Waals surface area contributed by atoms with E-state index in [1.165, 1.54) is 24.1 Å². The van der Waals surface area contributed by atoms with Crippen LogP contribution in [-0.2, 0) is 24.1 Å². The molecule has 1 saturated heterocycles. The highest BCUT2D eigenvalue weighted by molar-refractivity contribution is 5.81. The van der Waals surface area contributed by atoms with E-state index in [0.717, 1.165) is 55.5 Å². The normalized spacial score (nSPS) is 17.9. The van der Waals surface area contributed by atoms with Crippen molar-refractivity contribution < 1.29 is 14.3 Å². The Morgan fingerprint density at radius 2 is 2.00 bits per heavy atom. The van der Waals surface area contributed by atoms with Crippen LogP contribution < -0.4 is 19.7 Å². The van der Waals surface area contributed by atoms with Crippen molar-refractivity contribution in [3.05, 3.63) is 47.4 Å². The van der Waals surface area contributed by atoms with Gasteiger partial charge >= 0.3 is 0 Å². The average molecular weight is 464 g/mol. The summed E-state index contributed by atoms with van der Waals surface area (Å²) in [7, 11) is 3.26. The minimum atomic E-state index is -0.0417. The van der Waals surface area contributed by atoms with E-state index in [4.69, 9.17) is 19.6 Å². The predicted molar refractivity (Wildman–Crippen MR) is 131 cm³/mol. The molecule has 8 nitrogen and oxygen atoms in total. The summed E-state index contributed by atoms with van der Waals surface area (Å²) in [4.78, 5) is 20.0. The quantitative estimate of drug-likeness (QED) is 0.580. The van der Waals surface area contributed by atoms with Crippen LogP contribution in [0.4, 0.5) is 5.82 Å². The lowest BCUT2D eigenvalue weighted by molar-refractivity contribution is -0.125. The smallest absolute Gasteiger partial charge is 0.224 e. The van der Waals surface area contributed by atoms with Crippen LogP contribution in [0.15, 0.2) is 30.6 Å². The monoisotopic (exact) mass is 463 g/mol. The summed E-state index contributed by atoms with van der Waals surface area (Å²) in [6.45, 7) is 2.20. The van der Waals surface area contributed by atoms with E-state index in [0.29, 0.717) is 24.6 Å². The fraction of sp³-hybridized carbons (Fsp3) is 0.500. The van der Waals surface area contributed by atoms with E-state index in [-0.39, 0.29) is 11.8 Å². The Hall–Kier alpha value is -3.29. The van der Waals surface area contributed by atoms with Gasteiger partial charge in [0.1, 0.15) is 5.52 Å². The summed E-state index contributed by atoms with van der Waals surface area (Å²) in [6.07, 6.45) is 10.9. The summed E-state index contributed by atoms with van der Waals surface area (Å²) in [5, 5.41) is 7.95. The summed E-state index contributed by atoms with van der Waals surface area (Å²) >= 11 is 0. The molecule has 3 heterocycles. The van der Waals surface area contributed by atoms with E-state index in [2.05, 4.69) is 10.2 Å². The highest BCUT2D eigenvalue weighted by Gasteiger charge is 2.29. The number of anilines is 1. The number of nitrogens with zero attached hydrogens (tertiary/aromatic N) is 4. The Bertz CT molecular complexity index is 1170. The fourth-order valence-electron chi connectivity index (χ4n) is 5.27. The van der Waals surface area contributed by atoms with Crippen LogP contribution in [0, 0.1) is 5.92 Å². The number of carbonyl (C=O) groups excluding carboxylic acids is 1. The summed E-state index contributed by atoms with van der Waals surface area (Å²) in [6, 6.07) is 5.87. The van der Waals surface area contributed by atoms with E-state index in [9.17, 15) is 4.79 Å². The lowest BCUT2D eigenvalue weighted by Gasteiger charge is -2.33. The molecule has 2 aliphatic rings. The average Bonchev–Trinajstić information content (AvgIpc) is 3.27. The molecular weight excluding hydrogens is 430 g/mol. The number of ether oxygens (including phenoxy) is 2. The molecule has 5 rings (SSSR count). The highest BCUT2D eigenvalue weighted by atomic mass is 16.5. The van der Waals surface area contributed by atoms with Crippen molar-refractivity contribution in [2.45, 2.75) is 44.9 Å². The van der Waals surface area contributed by atoms with Crippen molar-refractivity contribution in [2.75, 3.05) is 38.8 Å². The maximum Gasteiger partial charge on any atom is 0.224 e. The van der Waals surface area contributed by atoms with E-state index in [1.54, 1.807) is 14.2 Å². The molecule has 1 amide bonds. The molecule has 180 valence electrons. The number of hydrogen-bond donors (Lipinski definition) is 1. The molecule has 3 aromatic rings. The molecule has 0 radical (unpaired) electrons. The number of aromatic nitrogens is 3. The first-order chi connectivity index (χ1) is 16.7. The molecule has 0 spiro atoms. The van der Waals surface area contributed by atoms with Crippen LogP contribution in [0.3, 0.4) is 0 Å². The Balaban J connectivity index is 1.24. The second-order valence-electron chi connectivity index (χ2n) is 9.19. The van der Waals surface area contributed by atoms with Crippen molar-refractivity contribution in [2.24, 2.45) is 5.92 Å². The zero-order valence-electron chi connectivity index (χ0n) is 20.0. The maximum atomic E-state index is 13.0. The lowest BCUT2D eigenvalue weighted by Crippen LogP contribution is -2.44. The topological polar surface area (TPSA) is 81.0 Å². The van der Waals surface area contributed by atoms with Gasteiger partial charge in [-0.1, -0.05) is 6.07 Å². The van der Waals surface area contributed by atoms with Crippen LogP contribution in [0.25, 0.3) is 5.52 Å². The van der Waals surface area contributed by atoms with Gasteiger partial charge in [-0.05, 0) is 62.6 Å². The van der Waals surface area contributed by atoms with Gasteiger partial charge in [-0.2, -0.15) is 5.10 Å². The summed E-state index contributed by atoms with van der Waals surface area (Å²) in [5.41, 5.74) is 4.79. The van der Waals surface area contributed by atoms with Gasteiger partial charge in [0.25, 0.3) is 0 Å². The molecule has 2 aromatic heterocycles. The molecule has 8 heteroatoms. The van der Waals surface area contributed by atoms with E-state index >= 15 is 0 Å². The molecule has 1 N–H and O–H groups in total. The molecule has 0 unspecified atom stereocenters. The first-order valence-corrected chi connectivity index (χ1v) is 12.3. The Kier molecular flexibility index (Phi) is 6.56. The van der Waals surface area contributed by atoms with Crippen LogP contribution >= 0.6 is 0 Å². The minimum absolute atomic E-state index is 0.0417. The van der Waals surface area contributed by atoms with E-state index < -0.39 is 0 Å². The van der Waals surface area contributed by atoms with Crippen LogP contribution in [-0.4, -0.2) is 54.4 Å². The fourth-order valence-corrected chi connectivity index (χ4v) is 5.27. The van der Waals surface area contributed by atoms with E-state index in [1.807, 2.05) is 35.1 Å². The zero-order valence-corrected chi connectivity index (χ0v) is 20.0. The molecule has 1 atom stereocenters. The number of amides is 1. The molecule has 1 aliphatic carbocycles.